The highest BCUT2D eigenvalue weighted by molar-refractivity contribution is 5.75. The van der Waals surface area contributed by atoms with Gasteiger partial charge in [0.05, 0.1) is 6.10 Å². The minimum absolute atomic E-state index is 0.0122. The number of epoxide rings is 1. The molecule has 2 atom stereocenters. The molecular weight excluding hydrogens is 192 g/mol. The smallest absolute Gasteiger partial charge is 0.335 e. The van der Waals surface area contributed by atoms with E-state index in [9.17, 15) is 4.79 Å². The lowest BCUT2D eigenvalue weighted by molar-refractivity contribution is -0.138. The maximum absolute atomic E-state index is 10.5. The summed E-state index contributed by atoms with van der Waals surface area (Å²) in [6.45, 7) is 2.22. The fourth-order valence-electron chi connectivity index (χ4n) is 1.88. The van der Waals surface area contributed by atoms with Crippen LogP contribution in [0.3, 0.4) is 0 Å². The third-order valence-corrected chi connectivity index (χ3v) is 2.92. The summed E-state index contributed by atoms with van der Waals surface area (Å²) in [5.74, 6) is -0.803. The van der Waals surface area contributed by atoms with Crippen LogP contribution in [0.15, 0.2) is 0 Å². The van der Waals surface area contributed by atoms with E-state index < -0.39 is 12.1 Å². The second-order valence-corrected chi connectivity index (χ2v) is 4.34. The van der Waals surface area contributed by atoms with Crippen LogP contribution in [0.4, 0.5) is 0 Å². The van der Waals surface area contributed by atoms with E-state index in [1.54, 1.807) is 0 Å². The molecule has 2 unspecified atom stereocenters. The van der Waals surface area contributed by atoms with Gasteiger partial charge in [-0.25, -0.2) is 4.79 Å². The van der Waals surface area contributed by atoms with Crippen LogP contribution in [-0.2, 0) is 9.53 Å². The molecule has 3 heteroatoms. The van der Waals surface area contributed by atoms with E-state index in [4.69, 9.17) is 9.84 Å². The molecule has 0 aromatic heterocycles. The molecule has 1 saturated heterocycles. The number of aliphatic carboxylic acids is 1. The van der Waals surface area contributed by atoms with Gasteiger partial charge in [-0.15, -0.1) is 0 Å². The van der Waals surface area contributed by atoms with Crippen molar-refractivity contribution in [3.63, 3.8) is 0 Å². The highest BCUT2D eigenvalue weighted by atomic mass is 16.6. The van der Waals surface area contributed by atoms with E-state index in [1.807, 2.05) is 0 Å². The van der Waals surface area contributed by atoms with Gasteiger partial charge in [0, 0.05) is 0 Å². The van der Waals surface area contributed by atoms with Crippen molar-refractivity contribution in [1.82, 2.24) is 0 Å². The lowest BCUT2D eigenvalue weighted by Gasteiger charge is -1.99. The molecule has 3 nitrogen and oxygen atoms in total. The molecule has 1 N–H and O–H groups in total. The number of carboxylic acids is 1. The van der Waals surface area contributed by atoms with Crippen LogP contribution in [0.2, 0.25) is 0 Å². The summed E-state index contributed by atoms with van der Waals surface area (Å²) in [6.07, 6.45) is 9.34. The van der Waals surface area contributed by atoms with E-state index in [-0.39, 0.29) is 6.10 Å². The van der Waals surface area contributed by atoms with Gasteiger partial charge in [0.15, 0.2) is 6.10 Å². The summed E-state index contributed by atoms with van der Waals surface area (Å²) in [7, 11) is 0. The minimum Gasteiger partial charge on any atom is -0.479 e. The van der Waals surface area contributed by atoms with Gasteiger partial charge in [-0.05, 0) is 6.42 Å². The molecule has 0 aromatic rings. The quantitative estimate of drug-likeness (QED) is 0.474. The molecule has 0 aromatic carbocycles. The first-order valence-corrected chi connectivity index (χ1v) is 6.14. The zero-order chi connectivity index (χ0) is 11.1. The van der Waals surface area contributed by atoms with Gasteiger partial charge in [0.1, 0.15) is 0 Å². The van der Waals surface area contributed by atoms with Crippen molar-refractivity contribution in [2.45, 2.75) is 70.5 Å². The number of carbonyl (C=O) groups is 1. The Morgan fingerprint density at radius 1 is 1.13 bits per heavy atom. The van der Waals surface area contributed by atoms with Crippen LogP contribution in [0, 0.1) is 0 Å². The van der Waals surface area contributed by atoms with Crippen LogP contribution in [0.5, 0.6) is 0 Å². The summed E-state index contributed by atoms with van der Waals surface area (Å²) in [6, 6.07) is 0. The normalized spacial score (nSPS) is 24.1. The molecule has 1 aliphatic rings. The predicted molar refractivity (Wildman–Crippen MR) is 58.9 cm³/mol. The molecule has 1 rings (SSSR count). The third kappa shape index (κ3) is 5.17. The summed E-state index contributed by atoms with van der Waals surface area (Å²) in [5.41, 5.74) is 0. The highest BCUT2D eigenvalue weighted by Gasteiger charge is 2.44. The van der Waals surface area contributed by atoms with Crippen molar-refractivity contribution < 1.29 is 14.6 Å². The molecule has 0 saturated carbocycles. The van der Waals surface area contributed by atoms with E-state index in [0.29, 0.717) is 0 Å². The van der Waals surface area contributed by atoms with Gasteiger partial charge in [-0.1, -0.05) is 51.9 Å². The zero-order valence-corrected chi connectivity index (χ0v) is 9.58. The molecule has 88 valence electrons. The van der Waals surface area contributed by atoms with E-state index >= 15 is 0 Å². The molecule has 1 aliphatic heterocycles. The minimum atomic E-state index is -0.803. The van der Waals surface area contributed by atoms with Gasteiger partial charge >= 0.3 is 5.97 Å². The fourth-order valence-corrected chi connectivity index (χ4v) is 1.88. The van der Waals surface area contributed by atoms with E-state index in [2.05, 4.69) is 6.92 Å². The Bertz CT molecular complexity index is 191. The Hall–Kier alpha value is -0.570. The second kappa shape index (κ2) is 6.83. The molecule has 0 amide bonds. The van der Waals surface area contributed by atoms with Crippen LogP contribution in [-0.4, -0.2) is 23.3 Å². The maximum Gasteiger partial charge on any atom is 0.335 e. The Morgan fingerprint density at radius 3 is 2.27 bits per heavy atom. The first-order valence-electron chi connectivity index (χ1n) is 6.14. The molecule has 0 aliphatic carbocycles. The number of carboxylic acid groups (broad SMARTS) is 1. The lowest BCUT2D eigenvalue weighted by Crippen LogP contribution is -2.07. The second-order valence-electron chi connectivity index (χ2n) is 4.34. The Kier molecular flexibility index (Phi) is 5.69. The lowest BCUT2D eigenvalue weighted by atomic mass is 10.1. The van der Waals surface area contributed by atoms with Crippen LogP contribution < -0.4 is 0 Å². The number of hydrogen-bond donors (Lipinski definition) is 1. The Morgan fingerprint density at radius 2 is 1.73 bits per heavy atom. The highest BCUT2D eigenvalue weighted by Crippen LogP contribution is 2.27. The van der Waals surface area contributed by atoms with Gasteiger partial charge < -0.3 is 9.84 Å². The molecule has 1 heterocycles. The average molecular weight is 214 g/mol. The largest absolute Gasteiger partial charge is 0.479 e. The van der Waals surface area contributed by atoms with Crippen molar-refractivity contribution in [3.8, 4) is 0 Å². The summed E-state index contributed by atoms with van der Waals surface area (Å²) in [4.78, 5) is 10.5. The number of unbranched alkanes of at least 4 members (excludes halogenated alkanes) is 6. The summed E-state index contributed by atoms with van der Waals surface area (Å²) < 4.78 is 5.02. The van der Waals surface area contributed by atoms with Crippen LogP contribution in [0.1, 0.15) is 58.3 Å². The van der Waals surface area contributed by atoms with Gasteiger partial charge in [0.2, 0.25) is 0 Å². The molecule has 0 bridgehead atoms. The molecular formula is C12H22O3. The van der Waals surface area contributed by atoms with Gasteiger partial charge in [-0.3, -0.25) is 0 Å². The van der Waals surface area contributed by atoms with E-state index in [0.717, 1.165) is 12.8 Å². The molecule has 15 heavy (non-hydrogen) atoms. The van der Waals surface area contributed by atoms with Crippen molar-refractivity contribution in [2.75, 3.05) is 0 Å². The molecule has 1 fully saturated rings. The number of ether oxygens (including phenoxy) is 1. The van der Waals surface area contributed by atoms with E-state index in [1.165, 1.54) is 38.5 Å². The summed E-state index contributed by atoms with van der Waals surface area (Å²) in [5, 5.41) is 8.60. The Balaban J connectivity index is 1.80. The standard InChI is InChI=1S/C12H22O3/c1-2-3-4-5-6-7-8-9-10-11(15-10)12(13)14/h10-11H,2-9H2,1H3,(H,13,14). The SMILES string of the molecule is CCCCCCCCCC1OC1C(=O)O. The van der Waals surface area contributed by atoms with Crippen molar-refractivity contribution in [3.05, 3.63) is 0 Å². The monoisotopic (exact) mass is 214 g/mol. The Labute approximate surface area is 91.8 Å². The number of rotatable bonds is 9. The summed E-state index contributed by atoms with van der Waals surface area (Å²) >= 11 is 0. The van der Waals surface area contributed by atoms with Crippen molar-refractivity contribution >= 4 is 5.97 Å². The topological polar surface area (TPSA) is 49.8 Å². The predicted octanol–water partition coefficient (Wildman–Crippen LogP) is 2.98. The van der Waals surface area contributed by atoms with Crippen molar-refractivity contribution in [1.29, 1.82) is 0 Å². The third-order valence-electron chi connectivity index (χ3n) is 2.92. The van der Waals surface area contributed by atoms with Gasteiger partial charge in [0.25, 0.3) is 0 Å². The van der Waals surface area contributed by atoms with Crippen molar-refractivity contribution in [2.24, 2.45) is 0 Å². The van der Waals surface area contributed by atoms with Gasteiger partial charge in [-0.2, -0.15) is 0 Å². The average Bonchev–Trinajstić information content (AvgIpc) is 2.96. The maximum atomic E-state index is 10.5. The van der Waals surface area contributed by atoms with Crippen LogP contribution in [0.25, 0.3) is 0 Å². The molecule has 0 spiro atoms. The fraction of sp³-hybridized carbons (Fsp3) is 0.917. The molecule has 0 radical (unpaired) electrons. The first kappa shape index (κ1) is 12.5. The zero-order valence-electron chi connectivity index (χ0n) is 9.58. The van der Waals surface area contributed by atoms with Crippen LogP contribution >= 0.6 is 0 Å². The first-order chi connectivity index (χ1) is 7.25. The number of hydrogen-bond acceptors (Lipinski definition) is 2.